The van der Waals surface area contributed by atoms with Crippen LogP contribution < -0.4 is 0 Å². The van der Waals surface area contributed by atoms with Crippen molar-refractivity contribution >= 4 is 25.6 Å². The van der Waals surface area contributed by atoms with Gasteiger partial charge in [-0.3, -0.25) is 13.6 Å². The second kappa shape index (κ2) is 11.8. The van der Waals surface area contributed by atoms with Crippen LogP contribution in [-0.2, 0) is 40.8 Å². The molecule has 2 aromatic rings. The van der Waals surface area contributed by atoms with Crippen LogP contribution in [-0.4, -0.2) is 24.9 Å². The number of halogens is 1. The molecule has 0 unspecified atom stereocenters. The van der Waals surface area contributed by atoms with Crippen LogP contribution in [0.15, 0.2) is 60.7 Å². The third-order valence-corrected chi connectivity index (χ3v) is 4.87. The van der Waals surface area contributed by atoms with Crippen LogP contribution in [0, 0.1) is 0 Å². The zero-order valence-corrected chi connectivity index (χ0v) is 17.0. The Hall–Kier alpha value is -1.89. The van der Waals surface area contributed by atoms with Crippen molar-refractivity contribution in [2.24, 2.45) is 0 Å². The first-order valence-electron chi connectivity index (χ1n) is 8.51. The lowest BCUT2D eigenvalue weighted by molar-refractivity contribution is 0.00980. The van der Waals surface area contributed by atoms with Gasteiger partial charge in [0.2, 0.25) is 0 Å². The Morgan fingerprint density at radius 1 is 0.929 bits per heavy atom. The number of benzene rings is 2. The summed E-state index contributed by atoms with van der Waals surface area (Å²) in [5.74, 6) is 0. The molecule has 28 heavy (non-hydrogen) atoms. The lowest BCUT2D eigenvalue weighted by atomic mass is 10.2. The molecule has 0 saturated heterocycles. The van der Waals surface area contributed by atoms with Crippen LogP contribution >= 0.6 is 19.4 Å². The quantitative estimate of drug-likeness (QED) is 0.273. The van der Waals surface area contributed by atoms with Crippen LogP contribution in [0.5, 0.6) is 0 Å². The third-order valence-electron chi connectivity index (χ3n) is 3.40. The zero-order chi connectivity index (χ0) is 20.2. The van der Waals surface area contributed by atoms with Crippen molar-refractivity contribution in [1.29, 1.82) is 0 Å². The summed E-state index contributed by atoms with van der Waals surface area (Å²) in [6, 6.07) is 18.1. The van der Waals surface area contributed by atoms with Gasteiger partial charge in [0, 0.05) is 0 Å². The van der Waals surface area contributed by atoms with Crippen molar-refractivity contribution in [2.45, 2.75) is 26.2 Å². The van der Waals surface area contributed by atoms with E-state index >= 15 is 0 Å². The molecule has 0 fully saturated rings. The van der Waals surface area contributed by atoms with E-state index in [0.29, 0.717) is 0 Å². The molecule has 0 aliphatic rings. The smallest absolute Gasteiger partial charge is 0.429 e. The summed E-state index contributed by atoms with van der Waals surface area (Å²) in [6.07, 6.45) is -1.69. The lowest BCUT2D eigenvalue weighted by Crippen LogP contribution is -2.21. The van der Waals surface area contributed by atoms with Crippen molar-refractivity contribution in [3.63, 3.8) is 0 Å². The molecule has 0 heterocycles. The van der Waals surface area contributed by atoms with E-state index in [1.807, 2.05) is 60.7 Å². The highest BCUT2D eigenvalue weighted by molar-refractivity contribution is 7.48. The number of phosphoric ester groups is 1. The standard InChI is InChI=1S/C19H22ClO7P/c1-16(27-19(21)23-15-20)12-24-28(22,25-13-17-8-4-2-5-9-17)26-14-18-10-6-3-7-11-18/h2-11,16H,12-15H2,1H3/t16-/m1/s1. The molecule has 0 radical (unpaired) electrons. The molecule has 0 aliphatic carbocycles. The topological polar surface area (TPSA) is 80.3 Å². The Balaban J connectivity index is 1.95. The summed E-state index contributed by atoms with van der Waals surface area (Å²) in [5.41, 5.74) is 1.62. The van der Waals surface area contributed by atoms with Crippen molar-refractivity contribution in [3.8, 4) is 0 Å². The molecule has 0 bridgehead atoms. The fourth-order valence-electron chi connectivity index (χ4n) is 2.04. The minimum atomic E-state index is -3.92. The van der Waals surface area contributed by atoms with Gasteiger partial charge in [0.1, 0.15) is 6.10 Å². The first kappa shape index (κ1) is 22.4. The Kier molecular flexibility index (Phi) is 9.47. The molecule has 0 aliphatic heterocycles. The van der Waals surface area contributed by atoms with Gasteiger partial charge in [0.05, 0.1) is 19.8 Å². The molecule has 2 aromatic carbocycles. The molecule has 0 aromatic heterocycles. The maximum absolute atomic E-state index is 13.0. The molecule has 0 N–H and O–H groups in total. The summed E-state index contributed by atoms with van der Waals surface area (Å²) < 4.78 is 38.7. The monoisotopic (exact) mass is 428 g/mol. The molecule has 0 amide bonds. The molecular formula is C19H22ClO7P. The number of hydrogen-bond donors (Lipinski definition) is 0. The molecular weight excluding hydrogens is 407 g/mol. The van der Waals surface area contributed by atoms with Crippen molar-refractivity contribution in [1.82, 2.24) is 0 Å². The fraction of sp³-hybridized carbons (Fsp3) is 0.316. The summed E-state index contributed by atoms with van der Waals surface area (Å²) in [7, 11) is -3.92. The summed E-state index contributed by atoms with van der Waals surface area (Å²) in [4.78, 5) is 11.3. The number of carbonyl (C=O) groups is 1. The molecule has 152 valence electrons. The number of phosphoric acid groups is 1. The van der Waals surface area contributed by atoms with Gasteiger partial charge >= 0.3 is 14.0 Å². The third kappa shape index (κ3) is 8.42. The van der Waals surface area contributed by atoms with Gasteiger partial charge in [-0.2, -0.15) is 0 Å². The summed E-state index contributed by atoms with van der Waals surface area (Å²) in [6.45, 7) is 1.42. The number of hydrogen-bond acceptors (Lipinski definition) is 7. The van der Waals surface area contributed by atoms with Crippen molar-refractivity contribution in [3.05, 3.63) is 71.8 Å². The van der Waals surface area contributed by atoms with Gasteiger partial charge < -0.3 is 9.47 Å². The molecule has 0 saturated carbocycles. The number of carbonyl (C=O) groups excluding carboxylic acids is 1. The van der Waals surface area contributed by atoms with Crippen molar-refractivity contribution < 1.29 is 32.4 Å². The highest BCUT2D eigenvalue weighted by Crippen LogP contribution is 2.51. The van der Waals surface area contributed by atoms with E-state index in [0.717, 1.165) is 11.1 Å². The molecule has 9 heteroatoms. The van der Waals surface area contributed by atoms with Crippen molar-refractivity contribution in [2.75, 3.05) is 12.7 Å². The average molecular weight is 429 g/mol. The molecule has 7 nitrogen and oxygen atoms in total. The summed E-state index contributed by atoms with van der Waals surface area (Å²) >= 11 is 5.29. The van der Waals surface area contributed by atoms with E-state index in [1.165, 1.54) is 0 Å². The second-order valence-electron chi connectivity index (χ2n) is 5.69. The van der Waals surface area contributed by atoms with Gasteiger partial charge in [0.15, 0.2) is 6.07 Å². The predicted octanol–water partition coefficient (Wildman–Crippen LogP) is 5.28. The Labute approximate surface area is 169 Å². The van der Waals surface area contributed by atoms with Crippen LogP contribution in [0.25, 0.3) is 0 Å². The van der Waals surface area contributed by atoms with Gasteiger partial charge in [-0.05, 0) is 18.1 Å². The second-order valence-corrected chi connectivity index (χ2v) is 7.58. The zero-order valence-electron chi connectivity index (χ0n) is 15.4. The molecule has 2 rings (SSSR count). The minimum Gasteiger partial charge on any atom is -0.429 e. The predicted molar refractivity (Wildman–Crippen MR) is 104 cm³/mol. The lowest BCUT2D eigenvalue weighted by Gasteiger charge is -2.20. The van der Waals surface area contributed by atoms with Crippen LogP contribution in [0.4, 0.5) is 4.79 Å². The highest BCUT2D eigenvalue weighted by Gasteiger charge is 2.28. The van der Waals surface area contributed by atoms with Crippen LogP contribution in [0.3, 0.4) is 0 Å². The van der Waals surface area contributed by atoms with E-state index in [-0.39, 0.29) is 25.9 Å². The number of alkyl halides is 1. The maximum atomic E-state index is 13.0. The largest absolute Gasteiger partial charge is 0.509 e. The normalized spacial score (nSPS) is 12.4. The first-order valence-corrected chi connectivity index (χ1v) is 10.5. The fourth-order valence-corrected chi connectivity index (χ4v) is 3.36. The van der Waals surface area contributed by atoms with Gasteiger partial charge in [-0.1, -0.05) is 72.3 Å². The summed E-state index contributed by atoms with van der Waals surface area (Å²) in [5, 5.41) is 0. The van der Waals surface area contributed by atoms with E-state index in [2.05, 4.69) is 4.74 Å². The molecule has 1 atom stereocenters. The van der Waals surface area contributed by atoms with E-state index in [9.17, 15) is 9.36 Å². The average Bonchev–Trinajstić information content (AvgIpc) is 2.71. The Morgan fingerprint density at radius 3 is 1.89 bits per heavy atom. The van der Waals surface area contributed by atoms with E-state index in [1.54, 1.807) is 6.92 Å². The number of ether oxygens (including phenoxy) is 2. The van der Waals surface area contributed by atoms with Gasteiger partial charge in [-0.15, -0.1) is 0 Å². The Bertz CT molecular complexity index is 710. The van der Waals surface area contributed by atoms with Crippen LogP contribution in [0.1, 0.15) is 18.1 Å². The maximum Gasteiger partial charge on any atom is 0.509 e. The first-order chi connectivity index (χ1) is 13.5. The Morgan fingerprint density at radius 2 is 1.43 bits per heavy atom. The van der Waals surface area contributed by atoms with E-state index < -0.39 is 20.1 Å². The number of rotatable bonds is 11. The van der Waals surface area contributed by atoms with Gasteiger partial charge in [0.25, 0.3) is 0 Å². The molecule has 0 spiro atoms. The highest BCUT2D eigenvalue weighted by atomic mass is 35.5. The SMILES string of the molecule is C[C@H](COP(=O)(OCc1ccccc1)OCc1ccccc1)OC(=O)OCCl. The van der Waals surface area contributed by atoms with Gasteiger partial charge in [-0.25, -0.2) is 9.36 Å². The minimum absolute atomic E-state index is 0.0381. The van der Waals surface area contributed by atoms with E-state index in [4.69, 9.17) is 29.9 Å². The van der Waals surface area contributed by atoms with Crippen LogP contribution in [0.2, 0.25) is 0 Å².